The van der Waals surface area contributed by atoms with Crippen LogP contribution in [0, 0.1) is 0 Å². The second kappa shape index (κ2) is 6.85. The highest BCUT2D eigenvalue weighted by Gasteiger charge is 2.12. The van der Waals surface area contributed by atoms with Gasteiger partial charge in [0.1, 0.15) is 11.5 Å². The normalized spacial score (nSPS) is 10.2. The van der Waals surface area contributed by atoms with E-state index in [1.165, 1.54) is 5.56 Å². The smallest absolute Gasteiger partial charge is 0.142 e. The lowest BCUT2D eigenvalue weighted by Crippen LogP contribution is -2.22. The highest BCUT2D eigenvalue weighted by atomic mass is 16.5. The van der Waals surface area contributed by atoms with Gasteiger partial charge in [0.15, 0.2) is 0 Å². The second-order valence-corrected chi connectivity index (χ2v) is 4.54. The second-order valence-electron chi connectivity index (χ2n) is 4.54. The topological polar surface area (TPSA) is 21.7 Å². The highest BCUT2D eigenvalue weighted by Crippen LogP contribution is 2.33. The van der Waals surface area contributed by atoms with Gasteiger partial charge in [0.25, 0.3) is 0 Å². The Morgan fingerprint density at radius 3 is 2.30 bits per heavy atom. The Bertz CT molecular complexity index is 540. The van der Waals surface area contributed by atoms with Gasteiger partial charge in [-0.3, -0.25) is 0 Å². The molecule has 0 amide bonds. The van der Waals surface area contributed by atoms with Crippen molar-refractivity contribution in [3.05, 3.63) is 54.1 Å². The molecule has 2 rings (SSSR count). The van der Waals surface area contributed by atoms with Crippen LogP contribution in [0.25, 0.3) is 0 Å². The van der Waals surface area contributed by atoms with E-state index < -0.39 is 0 Å². The van der Waals surface area contributed by atoms with Gasteiger partial charge in [-0.2, -0.15) is 0 Å². The molecule has 0 saturated carbocycles. The third-order valence-corrected chi connectivity index (χ3v) is 3.32. The van der Waals surface area contributed by atoms with Gasteiger partial charge in [-0.1, -0.05) is 30.3 Å². The first-order valence-electron chi connectivity index (χ1n) is 6.79. The Hall–Kier alpha value is -2.16. The molecule has 0 fully saturated rings. The van der Waals surface area contributed by atoms with E-state index in [2.05, 4.69) is 36.1 Å². The van der Waals surface area contributed by atoms with Crippen LogP contribution in [0.15, 0.2) is 48.5 Å². The third-order valence-electron chi connectivity index (χ3n) is 3.32. The average molecular weight is 271 g/mol. The summed E-state index contributed by atoms with van der Waals surface area (Å²) in [7, 11) is 3.38. The lowest BCUT2D eigenvalue weighted by Gasteiger charge is -2.25. The molecule has 3 heteroatoms. The predicted molar refractivity (Wildman–Crippen MR) is 82.7 cm³/mol. The summed E-state index contributed by atoms with van der Waals surface area (Å²) in [5.74, 6) is 1.70. The lowest BCUT2D eigenvalue weighted by molar-refractivity contribution is 0.403. The van der Waals surface area contributed by atoms with E-state index in [1.807, 2.05) is 24.3 Å². The average Bonchev–Trinajstić information content (AvgIpc) is 2.53. The maximum Gasteiger partial charge on any atom is 0.142 e. The summed E-state index contributed by atoms with van der Waals surface area (Å²) < 4.78 is 10.8. The number of methoxy groups -OCH3 is 2. The zero-order chi connectivity index (χ0) is 14.4. The molecule has 106 valence electrons. The van der Waals surface area contributed by atoms with Crippen LogP contribution in [0.2, 0.25) is 0 Å². The monoisotopic (exact) mass is 271 g/mol. The lowest BCUT2D eigenvalue weighted by atomic mass is 10.2. The fourth-order valence-corrected chi connectivity index (χ4v) is 2.22. The van der Waals surface area contributed by atoms with Crippen molar-refractivity contribution in [1.82, 2.24) is 0 Å². The van der Waals surface area contributed by atoms with E-state index in [0.29, 0.717) is 0 Å². The van der Waals surface area contributed by atoms with E-state index in [0.717, 1.165) is 30.3 Å². The van der Waals surface area contributed by atoms with Gasteiger partial charge in [-0.15, -0.1) is 0 Å². The number of rotatable bonds is 6. The summed E-state index contributed by atoms with van der Waals surface area (Å²) >= 11 is 0. The predicted octanol–water partition coefficient (Wildman–Crippen LogP) is 3.73. The van der Waals surface area contributed by atoms with Crippen molar-refractivity contribution in [3.8, 4) is 11.5 Å². The molecule has 0 unspecified atom stereocenters. The fraction of sp³-hybridized carbons (Fsp3) is 0.294. The molecule has 0 heterocycles. The van der Waals surface area contributed by atoms with Gasteiger partial charge in [0.05, 0.1) is 19.9 Å². The summed E-state index contributed by atoms with van der Waals surface area (Å²) in [4.78, 5) is 2.27. The summed E-state index contributed by atoms with van der Waals surface area (Å²) in [6.07, 6.45) is 0. The molecule has 0 aromatic heterocycles. The molecule has 0 saturated heterocycles. The first kappa shape index (κ1) is 14.3. The molecule has 0 radical (unpaired) electrons. The van der Waals surface area contributed by atoms with Crippen LogP contribution in [0.3, 0.4) is 0 Å². The van der Waals surface area contributed by atoms with Gasteiger partial charge < -0.3 is 14.4 Å². The maximum atomic E-state index is 5.47. The van der Waals surface area contributed by atoms with Crippen LogP contribution in [0.4, 0.5) is 5.69 Å². The number of ether oxygens (including phenoxy) is 2. The number of benzene rings is 2. The van der Waals surface area contributed by atoms with Crippen molar-refractivity contribution >= 4 is 5.69 Å². The van der Waals surface area contributed by atoms with Crippen LogP contribution < -0.4 is 14.4 Å². The molecule has 0 bridgehead atoms. The Morgan fingerprint density at radius 2 is 1.70 bits per heavy atom. The zero-order valence-corrected chi connectivity index (χ0v) is 12.3. The number of nitrogens with zero attached hydrogens (tertiary/aromatic N) is 1. The maximum absolute atomic E-state index is 5.47. The van der Waals surface area contributed by atoms with Crippen molar-refractivity contribution in [2.45, 2.75) is 13.5 Å². The number of hydrogen-bond donors (Lipinski definition) is 0. The Balaban J connectivity index is 2.30. The van der Waals surface area contributed by atoms with Gasteiger partial charge >= 0.3 is 0 Å². The van der Waals surface area contributed by atoms with Crippen molar-refractivity contribution in [1.29, 1.82) is 0 Å². The zero-order valence-electron chi connectivity index (χ0n) is 12.3. The Morgan fingerprint density at radius 1 is 0.950 bits per heavy atom. The van der Waals surface area contributed by atoms with E-state index in [9.17, 15) is 0 Å². The molecule has 0 spiro atoms. The first-order valence-corrected chi connectivity index (χ1v) is 6.79. The molecule has 3 nitrogen and oxygen atoms in total. The van der Waals surface area contributed by atoms with Crippen LogP contribution >= 0.6 is 0 Å². The van der Waals surface area contributed by atoms with Crippen molar-refractivity contribution in [2.75, 3.05) is 25.7 Å². The molecule has 0 aliphatic rings. The van der Waals surface area contributed by atoms with E-state index in [4.69, 9.17) is 9.47 Å². The van der Waals surface area contributed by atoms with Crippen LogP contribution in [0.1, 0.15) is 12.5 Å². The number of anilines is 1. The molecule has 0 N–H and O–H groups in total. The minimum atomic E-state index is 0.840. The summed E-state index contributed by atoms with van der Waals surface area (Å²) in [5, 5.41) is 0. The van der Waals surface area contributed by atoms with Gasteiger partial charge in [-0.05, 0) is 24.6 Å². The third kappa shape index (κ3) is 3.23. The quantitative estimate of drug-likeness (QED) is 0.799. The van der Waals surface area contributed by atoms with Gasteiger partial charge in [0.2, 0.25) is 0 Å². The Kier molecular flexibility index (Phi) is 4.88. The SMILES string of the molecule is CCN(Cc1ccccc1)c1cc(OC)ccc1OC. The minimum absolute atomic E-state index is 0.840. The van der Waals surface area contributed by atoms with E-state index in [-0.39, 0.29) is 0 Å². The molecule has 0 aliphatic heterocycles. The van der Waals surface area contributed by atoms with Crippen LogP contribution in [0.5, 0.6) is 11.5 Å². The van der Waals surface area contributed by atoms with Gasteiger partial charge in [-0.25, -0.2) is 0 Å². The summed E-state index contributed by atoms with van der Waals surface area (Å²) in [5.41, 5.74) is 2.33. The standard InChI is InChI=1S/C17H21NO2/c1-4-18(13-14-8-6-5-7-9-14)16-12-15(19-2)10-11-17(16)20-3/h5-12H,4,13H2,1-3H3. The molecule has 0 aliphatic carbocycles. The molecular weight excluding hydrogens is 250 g/mol. The largest absolute Gasteiger partial charge is 0.497 e. The minimum Gasteiger partial charge on any atom is -0.497 e. The van der Waals surface area contributed by atoms with Gasteiger partial charge in [0, 0.05) is 19.2 Å². The van der Waals surface area contributed by atoms with E-state index >= 15 is 0 Å². The molecular formula is C17H21NO2. The van der Waals surface area contributed by atoms with Crippen molar-refractivity contribution in [2.24, 2.45) is 0 Å². The van der Waals surface area contributed by atoms with Crippen LogP contribution in [-0.4, -0.2) is 20.8 Å². The summed E-state index contributed by atoms with van der Waals surface area (Å²) in [6, 6.07) is 16.3. The van der Waals surface area contributed by atoms with E-state index in [1.54, 1.807) is 14.2 Å². The fourth-order valence-electron chi connectivity index (χ4n) is 2.22. The molecule has 20 heavy (non-hydrogen) atoms. The summed E-state index contributed by atoms with van der Waals surface area (Å²) in [6.45, 7) is 3.89. The molecule has 2 aromatic carbocycles. The van der Waals surface area contributed by atoms with Crippen LogP contribution in [-0.2, 0) is 6.54 Å². The Labute approximate surface area is 120 Å². The van der Waals surface area contributed by atoms with Crippen molar-refractivity contribution < 1.29 is 9.47 Å². The number of hydrogen-bond acceptors (Lipinski definition) is 3. The molecule has 2 aromatic rings. The molecule has 0 atom stereocenters. The van der Waals surface area contributed by atoms with Crippen molar-refractivity contribution in [3.63, 3.8) is 0 Å². The highest BCUT2D eigenvalue weighted by molar-refractivity contribution is 5.61. The first-order chi connectivity index (χ1) is 9.78.